The molecule has 13 heteroatoms. The fraction of sp³-hybridized carbons (Fsp3) is 0.450. The van der Waals surface area contributed by atoms with Crippen molar-refractivity contribution in [2.75, 3.05) is 56.8 Å². The summed E-state index contributed by atoms with van der Waals surface area (Å²) in [7, 11) is 0. The quantitative estimate of drug-likeness (QED) is 0.184. The summed E-state index contributed by atoms with van der Waals surface area (Å²) in [5, 5.41) is 15.8. The summed E-state index contributed by atoms with van der Waals surface area (Å²) in [6, 6.07) is 6.43. The average molecular weight is 482 g/mol. The van der Waals surface area contributed by atoms with Crippen LogP contribution in [0, 0.1) is 10.1 Å². The highest BCUT2D eigenvalue weighted by Gasteiger charge is 2.17. The van der Waals surface area contributed by atoms with Crippen LogP contribution in [-0.2, 0) is 19.0 Å². The first-order valence-corrected chi connectivity index (χ1v) is 11.1. The zero-order chi connectivity index (χ0) is 23.9. The van der Waals surface area contributed by atoms with Crippen molar-refractivity contribution in [2.24, 2.45) is 5.73 Å². The van der Waals surface area contributed by atoms with Gasteiger partial charge in [0.2, 0.25) is 5.91 Å². The lowest BCUT2D eigenvalue weighted by Gasteiger charge is -2.11. The molecule has 0 atom stereocenters. The van der Waals surface area contributed by atoms with Gasteiger partial charge in [-0.05, 0) is 29.9 Å². The van der Waals surface area contributed by atoms with Gasteiger partial charge in [-0.1, -0.05) is 12.1 Å². The maximum absolute atomic E-state index is 12.5. The number of nitrogens with one attached hydrogen (secondary N) is 2. The van der Waals surface area contributed by atoms with E-state index >= 15 is 0 Å². The number of ether oxygens (including phenoxy) is 3. The molecule has 0 aliphatic rings. The Kier molecular flexibility index (Phi) is 11.9. The fourth-order valence-corrected chi connectivity index (χ4v) is 3.14. The zero-order valence-corrected chi connectivity index (χ0v) is 18.8. The minimum Gasteiger partial charge on any atom is -0.380 e. The van der Waals surface area contributed by atoms with E-state index in [0.29, 0.717) is 45.3 Å². The second-order valence-electron chi connectivity index (χ2n) is 6.54. The highest BCUT2D eigenvalue weighted by molar-refractivity contribution is 7.18. The monoisotopic (exact) mass is 481 g/mol. The Hall–Kier alpha value is -2.97. The number of hydrogen-bond donors (Lipinski definition) is 3. The summed E-state index contributed by atoms with van der Waals surface area (Å²) in [5.41, 5.74) is 5.83. The van der Waals surface area contributed by atoms with E-state index in [0.717, 1.165) is 24.0 Å². The molecule has 2 aromatic rings. The predicted molar refractivity (Wildman–Crippen MR) is 123 cm³/mol. The SMILES string of the molecule is NCCOCCCOCCOCCC(=O)Nc1ccccc1C(=O)Nc1ncc([N+](=O)[O-])s1. The minimum atomic E-state index is -0.588. The van der Waals surface area contributed by atoms with Crippen molar-refractivity contribution in [1.29, 1.82) is 0 Å². The van der Waals surface area contributed by atoms with Crippen LogP contribution in [0.1, 0.15) is 23.2 Å². The molecule has 4 N–H and O–H groups in total. The number of carbonyl (C=O) groups excluding carboxylic acids is 2. The molecule has 0 aliphatic heterocycles. The number of anilines is 2. The maximum atomic E-state index is 12.5. The maximum Gasteiger partial charge on any atom is 0.345 e. The Labute approximate surface area is 194 Å². The third-order valence-electron chi connectivity index (χ3n) is 4.02. The fourth-order valence-electron chi connectivity index (χ4n) is 2.51. The van der Waals surface area contributed by atoms with E-state index in [4.69, 9.17) is 19.9 Å². The number of para-hydroxylation sites is 1. The van der Waals surface area contributed by atoms with Crippen molar-refractivity contribution in [3.63, 3.8) is 0 Å². The van der Waals surface area contributed by atoms with E-state index in [1.807, 2.05) is 0 Å². The first kappa shape index (κ1) is 26.3. The van der Waals surface area contributed by atoms with Crippen molar-refractivity contribution < 1.29 is 28.7 Å². The minimum absolute atomic E-state index is 0.0894. The molecular weight excluding hydrogens is 454 g/mol. The van der Waals surface area contributed by atoms with Crippen LogP contribution in [-0.4, -0.2) is 67.9 Å². The van der Waals surface area contributed by atoms with Crippen LogP contribution in [0.15, 0.2) is 30.5 Å². The number of rotatable bonds is 16. The van der Waals surface area contributed by atoms with Gasteiger partial charge in [-0.15, -0.1) is 0 Å². The molecule has 0 unspecified atom stereocenters. The van der Waals surface area contributed by atoms with E-state index in [2.05, 4.69) is 15.6 Å². The molecule has 0 radical (unpaired) electrons. The van der Waals surface area contributed by atoms with Crippen LogP contribution in [0.5, 0.6) is 0 Å². The van der Waals surface area contributed by atoms with Crippen LogP contribution >= 0.6 is 11.3 Å². The summed E-state index contributed by atoms with van der Waals surface area (Å²) < 4.78 is 16.0. The first-order chi connectivity index (χ1) is 16.0. The zero-order valence-electron chi connectivity index (χ0n) is 18.0. The largest absolute Gasteiger partial charge is 0.380 e. The van der Waals surface area contributed by atoms with Gasteiger partial charge in [-0.25, -0.2) is 4.98 Å². The molecule has 1 aromatic carbocycles. The van der Waals surface area contributed by atoms with Gasteiger partial charge in [-0.2, -0.15) is 0 Å². The van der Waals surface area contributed by atoms with Crippen molar-refractivity contribution in [3.05, 3.63) is 46.1 Å². The van der Waals surface area contributed by atoms with E-state index < -0.39 is 10.8 Å². The van der Waals surface area contributed by atoms with E-state index in [-0.39, 0.29) is 34.6 Å². The molecule has 2 amide bonds. The molecule has 2 rings (SSSR count). The number of amides is 2. The molecule has 33 heavy (non-hydrogen) atoms. The average Bonchev–Trinajstić information content (AvgIpc) is 3.26. The summed E-state index contributed by atoms with van der Waals surface area (Å²) in [4.78, 5) is 38.7. The van der Waals surface area contributed by atoms with Gasteiger partial charge >= 0.3 is 5.00 Å². The Balaban J connectivity index is 1.69. The summed E-state index contributed by atoms with van der Waals surface area (Å²) >= 11 is 0.741. The predicted octanol–water partition coefficient (Wildman–Crippen LogP) is 2.03. The van der Waals surface area contributed by atoms with Gasteiger partial charge < -0.3 is 25.3 Å². The molecule has 12 nitrogen and oxygen atoms in total. The lowest BCUT2D eigenvalue weighted by Crippen LogP contribution is -2.19. The number of thiazole rings is 1. The number of nitrogens with zero attached hydrogens (tertiary/aromatic N) is 2. The van der Waals surface area contributed by atoms with Crippen molar-refractivity contribution in [2.45, 2.75) is 12.8 Å². The van der Waals surface area contributed by atoms with Gasteiger partial charge in [0.15, 0.2) is 5.13 Å². The molecule has 1 heterocycles. The first-order valence-electron chi connectivity index (χ1n) is 10.2. The Morgan fingerprint density at radius 2 is 1.73 bits per heavy atom. The number of hydrogen-bond acceptors (Lipinski definition) is 10. The lowest BCUT2D eigenvalue weighted by molar-refractivity contribution is -0.380. The molecule has 0 aliphatic carbocycles. The summed E-state index contributed by atoms with van der Waals surface area (Å²) in [6.45, 7) is 3.17. The third kappa shape index (κ3) is 10.0. The highest BCUT2D eigenvalue weighted by atomic mass is 32.1. The second kappa shape index (κ2) is 15.0. The number of carbonyl (C=O) groups is 2. The summed E-state index contributed by atoms with van der Waals surface area (Å²) in [5.74, 6) is -0.866. The number of nitro groups is 1. The summed E-state index contributed by atoms with van der Waals surface area (Å²) in [6.07, 6.45) is 1.94. The van der Waals surface area contributed by atoms with Gasteiger partial charge in [-0.3, -0.25) is 25.0 Å². The number of benzene rings is 1. The number of nitrogens with two attached hydrogens (primary N) is 1. The Bertz CT molecular complexity index is 908. The van der Waals surface area contributed by atoms with Crippen molar-refractivity contribution in [1.82, 2.24) is 4.98 Å². The van der Waals surface area contributed by atoms with Crippen LogP contribution in [0.25, 0.3) is 0 Å². The molecule has 1 aromatic heterocycles. The molecule has 180 valence electrons. The third-order valence-corrected chi connectivity index (χ3v) is 4.89. The molecule has 0 saturated carbocycles. The molecule has 0 bridgehead atoms. The molecule has 0 fully saturated rings. The Morgan fingerprint density at radius 1 is 1.03 bits per heavy atom. The Morgan fingerprint density at radius 3 is 2.42 bits per heavy atom. The van der Waals surface area contributed by atoms with Gasteiger partial charge in [0, 0.05) is 19.8 Å². The van der Waals surface area contributed by atoms with Crippen LogP contribution in [0.4, 0.5) is 15.8 Å². The van der Waals surface area contributed by atoms with E-state index in [1.54, 1.807) is 18.2 Å². The van der Waals surface area contributed by atoms with Gasteiger partial charge in [0.25, 0.3) is 5.91 Å². The van der Waals surface area contributed by atoms with Crippen LogP contribution < -0.4 is 16.4 Å². The topological polar surface area (TPSA) is 168 Å². The van der Waals surface area contributed by atoms with Gasteiger partial charge in [0.05, 0.1) is 49.0 Å². The lowest BCUT2D eigenvalue weighted by atomic mass is 10.1. The van der Waals surface area contributed by atoms with Crippen LogP contribution in [0.3, 0.4) is 0 Å². The van der Waals surface area contributed by atoms with E-state index in [1.165, 1.54) is 6.07 Å². The van der Waals surface area contributed by atoms with E-state index in [9.17, 15) is 19.7 Å². The molecule has 0 saturated heterocycles. The van der Waals surface area contributed by atoms with Crippen molar-refractivity contribution in [3.8, 4) is 0 Å². The molecular formula is C20H27N5O7S. The standard InChI is InChI=1S/C20H27N5O7S/c21-7-11-30-8-3-9-31-12-13-32-10-6-17(26)23-16-5-2-1-4-15(16)19(27)24-20-22-14-18(33-20)25(28)29/h1-2,4-5,14H,3,6-13,21H2,(H,23,26)(H,22,24,27). The highest BCUT2D eigenvalue weighted by Crippen LogP contribution is 2.26. The second-order valence-corrected chi connectivity index (χ2v) is 7.55. The smallest absolute Gasteiger partial charge is 0.345 e. The normalized spacial score (nSPS) is 10.7. The number of aromatic nitrogens is 1. The van der Waals surface area contributed by atoms with Gasteiger partial charge in [0.1, 0.15) is 6.20 Å². The van der Waals surface area contributed by atoms with Crippen LogP contribution in [0.2, 0.25) is 0 Å². The van der Waals surface area contributed by atoms with Crippen molar-refractivity contribution >= 4 is 39.0 Å². The molecule has 0 spiro atoms.